The van der Waals surface area contributed by atoms with Gasteiger partial charge in [0.25, 0.3) is 0 Å². The SMILES string of the molecule is CCNC(=NCc1ncccc1C)NCC(C)c1cccc(C)c1.I. The summed E-state index contributed by atoms with van der Waals surface area (Å²) < 4.78 is 0. The van der Waals surface area contributed by atoms with Crippen molar-refractivity contribution in [1.29, 1.82) is 0 Å². The first-order valence-electron chi connectivity index (χ1n) is 8.59. The normalized spacial score (nSPS) is 12.2. The predicted molar refractivity (Wildman–Crippen MR) is 117 cm³/mol. The molecule has 1 unspecified atom stereocenters. The van der Waals surface area contributed by atoms with Crippen molar-refractivity contribution in [2.45, 2.75) is 40.2 Å². The van der Waals surface area contributed by atoms with E-state index >= 15 is 0 Å². The van der Waals surface area contributed by atoms with Crippen LogP contribution < -0.4 is 10.6 Å². The molecule has 0 amide bonds. The Morgan fingerprint density at radius 2 is 1.96 bits per heavy atom. The van der Waals surface area contributed by atoms with E-state index < -0.39 is 0 Å². The first-order valence-corrected chi connectivity index (χ1v) is 8.59. The number of aliphatic imine (C=N–C) groups is 1. The van der Waals surface area contributed by atoms with Crippen LogP contribution in [0.4, 0.5) is 0 Å². The molecule has 2 N–H and O–H groups in total. The second-order valence-corrected chi connectivity index (χ2v) is 6.16. The average Bonchev–Trinajstić information content (AvgIpc) is 2.58. The standard InChI is InChI=1S/C20H28N4.HI/c1-5-21-20(24-14-19-16(3)9-7-11-22-19)23-13-17(4)18-10-6-8-15(2)12-18;/h6-12,17H,5,13-14H2,1-4H3,(H2,21,23,24);1H. The van der Waals surface area contributed by atoms with Gasteiger partial charge in [0.1, 0.15) is 0 Å². The molecule has 136 valence electrons. The largest absolute Gasteiger partial charge is 0.357 e. The fourth-order valence-corrected chi connectivity index (χ4v) is 2.52. The first-order chi connectivity index (χ1) is 11.6. The summed E-state index contributed by atoms with van der Waals surface area (Å²) in [6, 6.07) is 12.7. The Morgan fingerprint density at radius 1 is 1.16 bits per heavy atom. The lowest BCUT2D eigenvalue weighted by Crippen LogP contribution is -2.39. The van der Waals surface area contributed by atoms with Gasteiger partial charge in [0.2, 0.25) is 0 Å². The summed E-state index contributed by atoms with van der Waals surface area (Å²) in [5.41, 5.74) is 4.83. The van der Waals surface area contributed by atoms with Crippen molar-refractivity contribution in [2.75, 3.05) is 13.1 Å². The number of aryl methyl sites for hydroxylation is 2. The molecule has 2 rings (SSSR count). The maximum absolute atomic E-state index is 4.66. The van der Waals surface area contributed by atoms with E-state index in [1.807, 2.05) is 12.3 Å². The van der Waals surface area contributed by atoms with Crippen molar-refractivity contribution in [3.8, 4) is 0 Å². The third-order valence-electron chi connectivity index (χ3n) is 4.04. The van der Waals surface area contributed by atoms with Crippen LogP contribution >= 0.6 is 24.0 Å². The molecule has 0 saturated heterocycles. The first kappa shape index (κ1) is 21.4. The highest BCUT2D eigenvalue weighted by atomic mass is 127. The van der Waals surface area contributed by atoms with Crippen LogP contribution in [-0.4, -0.2) is 24.0 Å². The van der Waals surface area contributed by atoms with Gasteiger partial charge in [-0.2, -0.15) is 0 Å². The average molecular weight is 452 g/mol. The van der Waals surface area contributed by atoms with Crippen LogP contribution in [0.2, 0.25) is 0 Å². The maximum atomic E-state index is 4.66. The number of hydrogen-bond acceptors (Lipinski definition) is 2. The van der Waals surface area contributed by atoms with Gasteiger partial charge in [0, 0.05) is 19.3 Å². The topological polar surface area (TPSA) is 49.3 Å². The molecule has 0 aliphatic rings. The van der Waals surface area contributed by atoms with Gasteiger partial charge in [-0.15, -0.1) is 24.0 Å². The summed E-state index contributed by atoms with van der Waals surface area (Å²) in [5.74, 6) is 1.26. The molecule has 1 aromatic heterocycles. The fourth-order valence-electron chi connectivity index (χ4n) is 2.52. The number of benzene rings is 1. The van der Waals surface area contributed by atoms with Crippen molar-refractivity contribution in [1.82, 2.24) is 15.6 Å². The van der Waals surface area contributed by atoms with Crippen molar-refractivity contribution in [3.63, 3.8) is 0 Å². The van der Waals surface area contributed by atoms with E-state index in [2.05, 4.69) is 78.6 Å². The van der Waals surface area contributed by atoms with Gasteiger partial charge in [-0.25, -0.2) is 4.99 Å². The van der Waals surface area contributed by atoms with E-state index in [1.165, 1.54) is 16.7 Å². The van der Waals surface area contributed by atoms with Crippen LogP contribution in [0.5, 0.6) is 0 Å². The van der Waals surface area contributed by atoms with Gasteiger partial charge >= 0.3 is 0 Å². The summed E-state index contributed by atoms with van der Waals surface area (Å²) >= 11 is 0. The number of rotatable bonds is 6. The Balaban J connectivity index is 0.00000312. The maximum Gasteiger partial charge on any atom is 0.191 e. The molecule has 0 saturated carbocycles. The quantitative estimate of drug-likeness (QED) is 0.393. The molecule has 4 nitrogen and oxygen atoms in total. The molecule has 5 heteroatoms. The molecule has 25 heavy (non-hydrogen) atoms. The van der Waals surface area contributed by atoms with Crippen molar-refractivity contribution >= 4 is 29.9 Å². The Morgan fingerprint density at radius 3 is 2.64 bits per heavy atom. The number of nitrogens with one attached hydrogen (secondary N) is 2. The fraction of sp³-hybridized carbons (Fsp3) is 0.400. The van der Waals surface area contributed by atoms with Gasteiger partial charge in [-0.05, 0) is 43.9 Å². The molecule has 2 aromatic rings. The molecule has 0 aliphatic carbocycles. The lowest BCUT2D eigenvalue weighted by atomic mass is 9.99. The number of nitrogens with zero attached hydrogens (tertiary/aromatic N) is 2. The third kappa shape index (κ3) is 7.02. The molecule has 0 fully saturated rings. The number of guanidine groups is 1. The van der Waals surface area contributed by atoms with Crippen molar-refractivity contribution in [2.24, 2.45) is 4.99 Å². The molecular weight excluding hydrogens is 423 g/mol. The van der Waals surface area contributed by atoms with Crippen LogP contribution in [0.25, 0.3) is 0 Å². The van der Waals surface area contributed by atoms with Gasteiger partial charge < -0.3 is 10.6 Å². The van der Waals surface area contributed by atoms with E-state index in [0.29, 0.717) is 12.5 Å². The Labute approximate surface area is 168 Å². The summed E-state index contributed by atoms with van der Waals surface area (Å²) in [5, 5.41) is 6.74. The van der Waals surface area contributed by atoms with E-state index in [9.17, 15) is 0 Å². The number of halogens is 1. The lowest BCUT2D eigenvalue weighted by molar-refractivity contribution is 0.698. The molecule has 0 spiro atoms. The van der Waals surface area contributed by atoms with Crippen molar-refractivity contribution < 1.29 is 0 Å². The van der Waals surface area contributed by atoms with Gasteiger partial charge in [-0.3, -0.25) is 4.98 Å². The zero-order valence-corrected chi connectivity index (χ0v) is 17.9. The zero-order valence-electron chi connectivity index (χ0n) is 15.5. The highest BCUT2D eigenvalue weighted by molar-refractivity contribution is 14.0. The number of aromatic nitrogens is 1. The molecule has 1 heterocycles. The molecule has 1 atom stereocenters. The van der Waals surface area contributed by atoms with Crippen LogP contribution in [0.3, 0.4) is 0 Å². The monoisotopic (exact) mass is 452 g/mol. The van der Waals surface area contributed by atoms with Gasteiger partial charge in [0.15, 0.2) is 5.96 Å². The summed E-state index contributed by atoms with van der Waals surface area (Å²) in [6.45, 7) is 10.8. The Kier molecular flexibility index (Phi) is 9.49. The minimum absolute atomic E-state index is 0. The minimum Gasteiger partial charge on any atom is -0.357 e. The lowest BCUT2D eigenvalue weighted by Gasteiger charge is -2.16. The Bertz CT molecular complexity index is 685. The second kappa shape index (κ2) is 11.1. The van der Waals surface area contributed by atoms with Crippen LogP contribution in [0, 0.1) is 13.8 Å². The van der Waals surface area contributed by atoms with E-state index in [1.54, 1.807) is 0 Å². The van der Waals surface area contributed by atoms with Gasteiger partial charge in [0.05, 0.1) is 12.2 Å². The van der Waals surface area contributed by atoms with Crippen LogP contribution in [0.15, 0.2) is 47.6 Å². The second-order valence-electron chi connectivity index (χ2n) is 6.16. The zero-order chi connectivity index (χ0) is 17.4. The molecule has 0 aliphatic heterocycles. The van der Waals surface area contributed by atoms with Crippen LogP contribution in [-0.2, 0) is 6.54 Å². The number of hydrogen-bond donors (Lipinski definition) is 2. The van der Waals surface area contributed by atoms with Crippen LogP contribution in [0.1, 0.15) is 42.1 Å². The minimum atomic E-state index is 0. The van der Waals surface area contributed by atoms with Crippen molar-refractivity contribution in [3.05, 3.63) is 65.0 Å². The molecule has 0 bridgehead atoms. The van der Waals surface area contributed by atoms with E-state index in [4.69, 9.17) is 0 Å². The summed E-state index contributed by atoms with van der Waals surface area (Å²) in [7, 11) is 0. The third-order valence-corrected chi connectivity index (χ3v) is 4.04. The molecular formula is C20H29IN4. The van der Waals surface area contributed by atoms with Gasteiger partial charge in [-0.1, -0.05) is 42.8 Å². The number of pyridine rings is 1. The Hall–Kier alpha value is -1.63. The summed E-state index contributed by atoms with van der Waals surface area (Å²) in [4.78, 5) is 9.06. The highest BCUT2D eigenvalue weighted by Crippen LogP contribution is 2.15. The molecule has 1 aromatic carbocycles. The highest BCUT2D eigenvalue weighted by Gasteiger charge is 2.07. The smallest absolute Gasteiger partial charge is 0.191 e. The van der Waals surface area contributed by atoms with E-state index in [-0.39, 0.29) is 24.0 Å². The predicted octanol–water partition coefficient (Wildman–Crippen LogP) is 4.18. The summed E-state index contributed by atoms with van der Waals surface area (Å²) in [6.07, 6.45) is 1.82. The van der Waals surface area contributed by atoms with E-state index in [0.717, 1.165) is 24.7 Å². The molecule has 0 radical (unpaired) electrons.